The highest BCUT2D eigenvalue weighted by Gasteiger charge is 2.10. The van der Waals surface area contributed by atoms with E-state index in [-0.39, 0.29) is 0 Å². The lowest BCUT2D eigenvalue weighted by atomic mass is 10.2. The summed E-state index contributed by atoms with van der Waals surface area (Å²) >= 11 is 1.66. The average Bonchev–Trinajstić information content (AvgIpc) is 2.55. The van der Waals surface area contributed by atoms with Gasteiger partial charge in [0.2, 0.25) is 0 Å². The first-order chi connectivity index (χ1) is 5.75. The molecular formula is C8H15N3S. The van der Waals surface area contributed by atoms with E-state index >= 15 is 0 Å². The van der Waals surface area contributed by atoms with Crippen LogP contribution in [0.1, 0.15) is 13.3 Å². The van der Waals surface area contributed by atoms with E-state index in [4.69, 9.17) is 5.73 Å². The van der Waals surface area contributed by atoms with Crippen LogP contribution in [0.5, 0.6) is 0 Å². The molecule has 1 heterocycles. The van der Waals surface area contributed by atoms with Crippen LogP contribution >= 0.6 is 11.3 Å². The van der Waals surface area contributed by atoms with Gasteiger partial charge < -0.3 is 10.6 Å². The number of nitrogens with zero attached hydrogens (tertiary/aromatic N) is 2. The molecule has 1 aromatic heterocycles. The Hall–Kier alpha value is -0.610. The van der Waals surface area contributed by atoms with E-state index in [1.807, 2.05) is 11.6 Å². The first kappa shape index (κ1) is 9.48. The van der Waals surface area contributed by atoms with Gasteiger partial charge in [0.1, 0.15) is 0 Å². The van der Waals surface area contributed by atoms with Gasteiger partial charge in [0, 0.05) is 24.7 Å². The SMILES string of the molecule is CC(CCN)N(C)c1nccs1. The van der Waals surface area contributed by atoms with E-state index in [9.17, 15) is 0 Å². The van der Waals surface area contributed by atoms with Crippen LogP contribution in [0, 0.1) is 0 Å². The van der Waals surface area contributed by atoms with Gasteiger partial charge in [-0.1, -0.05) is 0 Å². The van der Waals surface area contributed by atoms with Gasteiger partial charge in [-0.25, -0.2) is 4.98 Å². The van der Waals surface area contributed by atoms with E-state index in [0.29, 0.717) is 6.04 Å². The highest BCUT2D eigenvalue weighted by molar-refractivity contribution is 7.13. The smallest absolute Gasteiger partial charge is 0.185 e. The van der Waals surface area contributed by atoms with Gasteiger partial charge in [0.05, 0.1) is 0 Å². The molecule has 1 aromatic rings. The molecule has 1 atom stereocenters. The molecule has 1 unspecified atom stereocenters. The first-order valence-corrected chi connectivity index (χ1v) is 4.96. The molecule has 0 aromatic carbocycles. The van der Waals surface area contributed by atoms with Crippen molar-refractivity contribution in [2.75, 3.05) is 18.5 Å². The lowest BCUT2D eigenvalue weighted by molar-refractivity contribution is 0.634. The largest absolute Gasteiger partial charge is 0.348 e. The number of anilines is 1. The van der Waals surface area contributed by atoms with Gasteiger partial charge in [-0.2, -0.15) is 0 Å². The van der Waals surface area contributed by atoms with Crippen molar-refractivity contribution < 1.29 is 0 Å². The zero-order valence-corrected chi connectivity index (χ0v) is 8.34. The number of thiazole rings is 1. The molecule has 68 valence electrons. The van der Waals surface area contributed by atoms with E-state index in [1.54, 1.807) is 11.3 Å². The van der Waals surface area contributed by atoms with Gasteiger partial charge >= 0.3 is 0 Å². The van der Waals surface area contributed by atoms with Gasteiger partial charge in [0.15, 0.2) is 5.13 Å². The molecule has 12 heavy (non-hydrogen) atoms. The topological polar surface area (TPSA) is 42.1 Å². The van der Waals surface area contributed by atoms with Crippen LogP contribution in [-0.2, 0) is 0 Å². The highest BCUT2D eigenvalue weighted by Crippen LogP contribution is 2.18. The predicted molar refractivity (Wildman–Crippen MR) is 53.7 cm³/mol. The maximum Gasteiger partial charge on any atom is 0.185 e. The summed E-state index contributed by atoms with van der Waals surface area (Å²) in [6.07, 6.45) is 2.84. The van der Waals surface area contributed by atoms with E-state index in [2.05, 4.69) is 23.9 Å². The summed E-state index contributed by atoms with van der Waals surface area (Å²) in [4.78, 5) is 6.39. The lowest BCUT2D eigenvalue weighted by Gasteiger charge is -2.23. The van der Waals surface area contributed by atoms with Crippen molar-refractivity contribution in [2.24, 2.45) is 5.73 Å². The molecule has 0 fully saturated rings. The van der Waals surface area contributed by atoms with Crippen LogP contribution in [0.4, 0.5) is 5.13 Å². The van der Waals surface area contributed by atoms with Crippen molar-refractivity contribution in [1.82, 2.24) is 4.98 Å². The number of rotatable bonds is 4. The molecule has 4 heteroatoms. The Morgan fingerprint density at radius 2 is 2.50 bits per heavy atom. The molecular weight excluding hydrogens is 170 g/mol. The van der Waals surface area contributed by atoms with Crippen LogP contribution in [-0.4, -0.2) is 24.6 Å². The fraction of sp³-hybridized carbons (Fsp3) is 0.625. The van der Waals surface area contributed by atoms with Crippen molar-refractivity contribution in [3.8, 4) is 0 Å². The number of aromatic nitrogens is 1. The molecule has 1 rings (SSSR count). The summed E-state index contributed by atoms with van der Waals surface area (Å²) in [7, 11) is 2.05. The fourth-order valence-electron chi connectivity index (χ4n) is 1.01. The van der Waals surface area contributed by atoms with E-state index in [1.165, 1.54) is 0 Å². The minimum Gasteiger partial charge on any atom is -0.348 e. The Kier molecular flexibility index (Phi) is 3.49. The summed E-state index contributed by atoms with van der Waals surface area (Å²) < 4.78 is 0. The molecule has 0 aliphatic heterocycles. The van der Waals surface area contributed by atoms with Crippen molar-refractivity contribution in [2.45, 2.75) is 19.4 Å². The third-order valence-corrected chi connectivity index (χ3v) is 2.83. The second-order valence-electron chi connectivity index (χ2n) is 2.85. The standard InChI is InChI=1S/C8H15N3S/c1-7(3-4-9)11(2)8-10-5-6-12-8/h5-7H,3-4,9H2,1-2H3. The van der Waals surface area contributed by atoms with E-state index in [0.717, 1.165) is 18.1 Å². The molecule has 2 N–H and O–H groups in total. The molecule has 0 aliphatic carbocycles. The van der Waals surface area contributed by atoms with Crippen LogP contribution in [0.2, 0.25) is 0 Å². The monoisotopic (exact) mass is 185 g/mol. The summed E-state index contributed by atoms with van der Waals surface area (Å²) in [6.45, 7) is 2.89. The Morgan fingerprint density at radius 1 is 1.75 bits per heavy atom. The summed E-state index contributed by atoms with van der Waals surface area (Å²) in [5, 5.41) is 3.05. The maximum absolute atomic E-state index is 5.48. The van der Waals surface area contributed by atoms with Crippen LogP contribution < -0.4 is 10.6 Å². The Morgan fingerprint density at radius 3 is 3.00 bits per heavy atom. The number of nitrogens with two attached hydrogens (primary N) is 1. The van der Waals surface area contributed by atoms with Crippen LogP contribution in [0.25, 0.3) is 0 Å². The van der Waals surface area contributed by atoms with Gasteiger partial charge in [0.25, 0.3) is 0 Å². The van der Waals surface area contributed by atoms with Gasteiger partial charge in [-0.3, -0.25) is 0 Å². The van der Waals surface area contributed by atoms with Crippen LogP contribution in [0.3, 0.4) is 0 Å². The second-order valence-corrected chi connectivity index (χ2v) is 3.72. The van der Waals surface area contributed by atoms with Crippen molar-refractivity contribution >= 4 is 16.5 Å². The van der Waals surface area contributed by atoms with Gasteiger partial charge in [-0.05, 0) is 19.9 Å². The number of hydrogen-bond acceptors (Lipinski definition) is 4. The number of hydrogen-bond donors (Lipinski definition) is 1. The van der Waals surface area contributed by atoms with Gasteiger partial charge in [-0.15, -0.1) is 11.3 Å². The highest BCUT2D eigenvalue weighted by atomic mass is 32.1. The Labute approximate surface area is 77.2 Å². The third-order valence-electron chi connectivity index (χ3n) is 1.97. The molecule has 0 amide bonds. The maximum atomic E-state index is 5.48. The third kappa shape index (κ3) is 2.19. The molecule has 0 radical (unpaired) electrons. The zero-order chi connectivity index (χ0) is 8.97. The van der Waals surface area contributed by atoms with Crippen molar-refractivity contribution in [1.29, 1.82) is 0 Å². The first-order valence-electron chi connectivity index (χ1n) is 4.08. The molecule has 0 bridgehead atoms. The molecule has 0 spiro atoms. The minimum atomic E-state index is 0.473. The zero-order valence-electron chi connectivity index (χ0n) is 7.53. The molecule has 0 saturated carbocycles. The van der Waals surface area contributed by atoms with Crippen molar-refractivity contribution in [3.05, 3.63) is 11.6 Å². The summed E-state index contributed by atoms with van der Waals surface area (Å²) in [5.41, 5.74) is 5.48. The Bertz CT molecular complexity index is 210. The average molecular weight is 185 g/mol. The Balaban J connectivity index is 2.53. The normalized spacial score (nSPS) is 12.9. The quantitative estimate of drug-likeness (QED) is 0.769. The summed E-state index contributed by atoms with van der Waals surface area (Å²) in [6, 6.07) is 0.473. The molecule has 0 saturated heterocycles. The fourth-order valence-corrected chi connectivity index (χ4v) is 1.72. The lowest BCUT2D eigenvalue weighted by Crippen LogP contribution is -2.30. The van der Waals surface area contributed by atoms with Crippen molar-refractivity contribution in [3.63, 3.8) is 0 Å². The molecule has 0 aliphatic rings. The summed E-state index contributed by atoms with van der Waals surface area (Å²) in [5.74, 6) is 0. The van der Waals surface area contributed by atoms with E-state index < -0.39 is 0 Å². The minimum absolute atomic E-state index is 0.473. The predicted octanol–water partition coefficient (Wildman–Crippen LogP) is 1.32. The molecule has 3 nitrogen and oxygen atoms in total. The second kappa shape index (κ2) is 4.42. The van der Waals surface area contributed by atoms with Crippen LogP contribution in [0.15, 0.2) is 11.6 Å².